The lowest BCUT2D eigenvalue weighted by atomic mass is 10.1. The van der Waals surface area contributed by atoms with Gasteiger partial charge in [-0.3, -0.25) is 0 Å². The number of carbonyl (C=O) groups excluding carboxylic acids is 1. The summed E-state index contributed by atoms with van der Waals surface area (Å²) in [5.74, 6) is -0.605. The number of carbonyl (C=O) groups is 1. The van der Waals surface area contributed by atoms with Gasteiger partial charge < -0.3 is 9.30 Å². The zero-order chi connectivity index (χ0) is 17.0. The number of ether oxygens (including phenoxy) is 1. The van der Waals surface area contributed by atoms with Crippen LogP contribution in [0.2, 0.25) is 5.02 Å². The molecule has 1 aromatic heterocycles. The number of benzene rings is 1. The van der Waals surface area contributed by atoms with Crippen LogP contribution in [0.1, 0.15) is 23.9 Å². The third kappa shape index (κ3) is 3.64. The first-order chi connectivity index (χ1) is 11.0. The van der Waals surface area contributed by atoms with Crippen molar-refractivity contribution in [2.75, 3.05) is 6.61 Å². The molecule has 0 bridgehead atoms. The van der Waals surface area contributed by atoms with Crippen LogP contribution in [-0.4, -0.2) is 17.1 Å². The minimum atomic E-state index is -0.605. The largest absolute Gasteiger partial charge is 0.462 e. The summed E-state index contributed by atoms with van der Waals surface area (Å²) < 4.78 is 6.93. The van der Waals surface area contributed by atoms with Gasteiger partial charge >= 0.3 is 5.97 Å². The summed E-state index contributed by atoms with van der Waals surface area (Å²) in [5, 5.41) is 9.83. The monoisotopic (exact) mass is 328 g/mol. The highest BCUT2D eigenvalue weighted by Gasteiger charge is 2.14. The van der Waals surface area contributed by atoms with E-state index in [0.29, 0.717) is 5.02 Å². The van der Waals surface area contributed by atoms with Gasteiger partial charge in [-0.05, 0) is 62.7 Å². The van der Waals surface area contributed by atoms with Crippen LogP contribution in [0.5, 0.6) is 0 Å². The fourth-order valence-electron chi connectivity index (χ4n) is 2.42. The maximum atomic E-state index is 11.8. The molecule has 118 valence electrons. The molecule has 0 saturated carbocycles. The molecule has 0 N–H and O–H groups in total. The van der Waals surface area contributed by atoms with E-state index in [-0.39, 0.29) is 12.2 Å². The fourth-order valence-corrected chi connectivity index (χ4v) is 2.55. The lowest BCUT2D eigenvalue weighted by Crippen LogP contribution is -2.06. The summed E-state index contributed by atoms with van der Waals surface area (Å²) >= 11 is 5.93. The first kappa shape index (κ1) is 16.9. The van der Waals surface area contributed by atoms with E-state index in [4.69, 9.17) is 21.6 Å². The van der Waals surface area contributed by atoms with Crippen molar-refractivity contribution < 1.29 is 9.53 Å². The summed E-state index contributed by atoms with van der Waals surface area (Å²) in [5.41, 5.74) is 3.70. The second kappa shape index (κ2) is 7.17. The summed E-state index contributed by atoms with van der Waals surface area (Å²) in [6.07, 6.45) is 1.56. The Bertz CT molecular complexity index is 796. The number of aryl methyl sites for hydroxylation is 1. The van der Waals surface area contributed by atoms with Crippen molar-refractivity contribution in [3.05, 3.63) is 57.9 Å². The lowest BCUT2D eigenvalue weighted by molar-refractivity contribution is -0.137. The van der Waals surface area contributed by atoms with Gasteiger partial charge in [0.1, 0.15) is 11.6 Å². The molecule has 0 unspecified atom stereocenters. The first-order valence-corrected chi connectivity index (χ1v) is 7.59. The molecular weight excluding hydrogens is 312 g/mol. The van der Waals surface area contributed by atoms with Gasteiger partial charge in [0.2, 0.25) is 0 Å². The van der Waals surface area contributed by atoms with Gasteiger partial charge in [-0.15, -0.1) is 0 Å². The summed E-state index contributed by atoms with van der Waals surface area (Å²) in [7, 11) is 0. The van der Waals surface area contributed by atoms with Crippen LogP contribution in [0, 0.1) is 25.2 Å². The number of esters is 1. The smallest absolute Gasteiger partial charge is 0.348 e. The van der Waals surface area contributed by atoms with Crippen molar-refractivity contribution in [3.63, 3.8) is 0 Å². The molecule has 4 nitrogen and oxygen atoms in total. The number of nitriles is 1. The summed E-state index contributed by atoms with van der Waals surface area (Å²) in [4.78, 5) is 11.8. The number of hydrogen-bond acceptors (Lipinski definition) is 3. The van der Waals surface area contributed by atoms with Crippen LogP contribution >= 0.6 is 11.6 Å². The Kier molecular flexibility index (Phi) is 5.25. The molecule has 1 aromatic carbocycles. The average Bonchev–Trinajstić information content (AvgIpc) is 2.80. The van der Waals surface area contributed by atoms with Crippen LogP contribution in [-0.2, 0) is 9.53 Å². The Balaban J connectivity index is 2.47. The lowest BCUT2D eigenvalue weighted by Gasteiger charge is -2.09. The zero-order valence-electron chi connectivity index (χ0n) is 13.3. The fraction of sp³-hybridized carbons (Fsp3) is 0.222. The quantitative estimate of drug-likeness (QED) is 0.479. The molecule has 0 aliphatic rings. The van der Waals surface area contributed by atoms with Gasteiger partial charge in [-0.2, -0.15) is 5.26 Å². The molecule has 23 heavy (non-hydrogen) atoms. The number of hydrogen-bond donors (Lipinski definition) is 0. The summed E-state index contributed by atoms with van der Waals surface area (Å²) in [6, 6.07) is 11.3. The molecule has 0 atom stereocenters. The maximum absolute atomic E-state index is 11.8. The highest BCUT2D eigenvalue weighted by atomic mass is 35.5. The van der Waals surface area contributed by atoms with Crippen molar-refractivity contribution in [2.24, 2.45) is 0 Å². The molecular formula is C18H17ClN2O2. The van der Waals surface area contributed by atoms with Gasteiger partial charge in [0.15, 0.2) is 0 Å². The predicted molar refractivity (Wildman–Crippen MR) is 90.5 cm³/mol. The van der Waals surface area contributed by atoms with Crippen molar-refractivity contribution in [1.29, 1.82) is 5.26 Å². The van der Waals surface area contributed by atoms with E-state index in [0.717, 1.165) is 22.6 Å². The first-order valence-electron chi connectivity index (χ1n) is 7.21. The molecule has 0 saturated heterocycles. The second-order valence-electron chi connectivity index (χ2n) is 5.03. The van der Waals surface area contributed by atoms with Crippen LogP contribution in [0.15, 0.2) is 35.9 Å². The van der Waals surface area contributed by atoms with Crippen LogP contribution < -0.4 is 0 Å². The average molecular weight is 329 g/mol. The Labute approximate surface area is 140 Å². The predicted octanol–water partition coefficient (Wildman–Crippen LogP) is 4.22. The zero-order valence-corrected chi connectivity index (χ0v) is 14.0. The highest BCUT2D eigenvalue weighted by Crippen LogP contribution is 2.24. The maximum Gasteiger partial charge on any atom is 0.348 e. The van der Waals surface area contributed by atoms with E-state index < -0.39 is 5.97 Å². The van der Waals surface area contributed by atoms with Crippen molar-refractivity contribution in [3.8, 4) is 11.8 Å². The highest BCUT2D eigenvalue weighted by molar-refractivity contribution is 6.30. The molecule has 5 heteroatoms. The number of aromatic nitrogens is 1. The van der Waals surface area contributed by atoms with Crippen LogP contribution in [0.25, 0.3) is 11.8 Å². The van der Waals surface area contributed by atoms with E-state index in [2.05, 4.69) is 0 Å². The Morgan fingerprint density at radius 1 is 1.35 bits per heavy atom. The third-order valence-electron chi connectivity index (χ3n) is 3.47. The van der Waals surface area contributed by atoms with E-state index in [9.17, 15) is 4.79 Å². The van der Waals surface area contributed by atoms with Gasteiger partial charge in [-0.1, -0.05) is 11.6 Å². The molecule has 0 amide bonds. The van der Waals surface area contributed by atoms with Crippen molar-refractivity contribution in [2.45, 2.75) is 20.8 Å². The van der Waals surface area contributed by atoms with Crippen molar-refractivity contribution >= 4 is 23.6 Å². The number of nitrogens with zero attached hydrogens (tertiary/aromatic N) is 2. The molecule has 2 rings (SSSR count). The van der Waals surface area contributed by atoms with Gasteiger partial charge in [0.25, 0.3) is 0 Å². The van der Waals surface area contributed by atoms with E-state index >= 15 is 0 Å². The Morgan fingerprint density at radius 2 is 2.00 bits per heavy atom. The Hall–Kier alpha value is -2.51. The van der Waals surface area contributed by atoms with Gasteiger partial charge in [0.05, 0.1) is 6.61 Å². The van der Waals surface area contributed by atoms with Crippen molar-refractivity contribution in [1.82, 2.24) is 4.57 Å². The van der Waals surface area contributed by atoms with E-state index in [1.807, 2.05) is 54.8 Å². The van der Waals surface area contributed by atoms with Gasteiger partial charge in [-0.25, -0.2) is 4.79 Å². The molecule has 0 aliphatic heterocycles. The molecule has 0 fully saturated rings. The molecule has 0 spiro atoms. The van der Waals surface area contributed by atoms with Gasteiger partial charge in [0, 0.05) is 22.1 Å². The standard InChI is InChI=1S/C18H17ClN2O2/c1-4-23-18(22)15(11-20)10-14-9-12(2)21(13(14)3)17-7-5-16(19)6-8-17/h5-10H,4H2,1-3H3/b15-10-. The van der Waals surface area contributed by atoms with Crippen LogP contribution in [0.3, 0.4) is 0 Å². The molecule has 0 aliphatic carbocycles. The minimum Gasteiger partial charge on any atom is -0.462 e. The number of rotatable bonds is 4. The normalized spacial score (nSPS) is 11.2. The SMILES string of the molecule is CCOC(=O)/C(C#N)=C\c1cc(C)n(-c2ccc(Cl)cc2)c1C. The van der Waals surface area contributed by atoms with Crippen LogP contribution in [0.4, 0.5) is 0 Å². The summed E-state index contributed by atoms with van der Waals surface area (Å²) in [6.45, 7) is 5.85. The Morgan fingerprint density at radius 3 is 2.57 bits per heavy atom. The van der Waals surface area contributed by atoms with E-state index in [1.165, 1.54) is 0 Å². The minimum absolute atomic E-state index is 0.0109. The molecule has 2 aromatic rings. The number of halogens is 1. The second-order valence-corrected chi connectivity index (χ2v) is 5.47. The van der Waals surface area contributed by atoms with E-state index in [1.54, 1.807) is 13.0 Å². The molecule has 1 heterocycles. The third-order valence-corrected chi connectivity index (χ3v) is 3.72. The topological polar surface area (TPSA) is 55.0 Å². The molecule has 0 radical (unpaired) electrons.